The summed E-state index contributed by atoms with van der Waals surface area (Å²) in [6.45, 7) is 8.87. The SMILES string of the molecule is C=CCOC(=O)C(=CC(=O)OC(C)(C)C)c1csc(NC(c2ccccc2)(c2ccccc2)c2ccccc2)n1. The maximum Gasteiger partial charge on any atom is 0.340 e. The van der Waals surface area contributed by atoms with Crippen LogP contribution in [-0.2, 0) is 24.6 Å². The van der Waals surface area contributed by atoms with Gasteiger partial charge in [-0.15, -0.1) is 11.3 Å². The Bertz CT molecular complexity index is 1380. The van der Waals surface area contributed by atoms with Crippen LogP contribution in [0.1, 0.15) is 43.2 Å². The van der Waals surface area contributed by atoms with E-state index in [0.717, 1.165) is 22.8 Å². The van der Waals surface area contributed by atoms with E-state index in [2.05, 4.69) is 48.3 Å². The van der Waals surface area contributed by atoms with Gasteiger partial charge in [0.15, 0.2) is 5.13 Å². The van der Waals surface area contributed by atoms with Crippen molar-refractivity contribution in [2.45, 2.75) is 31.9 Å². The standard InChI is InChI=1S/C33H32N2O4S/c1-5-21-38-30(37)27(22-29(36)39-32(2,3)4)28-23-40-31(34-28)35-33(24-15-9-6-10-16-24,25-17-11-7-12-18-25)26-19-13-8-14-20-26/h5-20,22-23H,1,21H2,2-4H3,(H,34,35). The predicted molar refractivity (Wildman–Crippen MR) is 160 cm³/mol. The molecule has 0 amide bonds. The third kappa shape index (κ3) is 6.74. The van der Waals surface area contributed by atoms with Gasteiger partial charge in [-0.1, -0.05) is 104 Å². The number of rotatable bonds is 10. The van der Waals surface area contributed by atoms with Crippen LogP contribution in [0.5, 0.6) is 0 Å². The van der Waals surface area contributed by atoms with Crippen molar-refractivity contribution in [3.8, 4) is 0 Å². The van der Waals surface area contributed by atoms with Gasteiger partial charge in [0.05, 0.1) is 11.3 Å². The number of benzene rings is 3. The summed E-state index contributed by atoms with van der Waals surface area (Å²) in [6.07, 6.45) is 2.60. The molecule has 4 rings (SSSR count). The lowest BCUT2D eigenvalue weighted by atomic mass is 9.77. The van der Waals surface area contributed by atoms with E-state index in [1.165, 1.54) is 17.4 Å². The summed E-state index contributed by atoms with van der Waals surface area (Å²) in [7, 11) is 0. The minimum Gasteiger partial charge on any atom is -0.458 e. The molecule has 204 valence electrons. The minimum absolute atomic E-state index is 0.00112. The summed E-state index contributed by atoms with van der Waals surface area (Å²) in [4.78, 5) is 30.4. The fourth-order valence-electron chi connectivity index (χ4n) is 4.30. The van der Waals surface area contributed by atoms with Gasteiger partial charge in [0, 0.05) is 11.5 Å². The molecule has 0 aliphatic rings. The number of nitrogens with zero attached hydrogens (tertiary/aromatic N) is 1. The highest BCUT2D eigenvalue weighted by atomic mass is 32.1. The van der Waals surface area contributed by atoms with Crippen LogP contribution in [0.2, 0.25) is 0 Å². The van der Waals surface area contributed by atoms with E-state index in [0.29, 0.717) is 10.8 Å². The fourth-order valence-corrected chi connectivity index (χ4v) is 5.06. The number of esters is 2. The number of hydrogen-bond acceptors (Lipinski definition) is 7. The number of thiazole rings is 1. The Morgan fingerprint density at radius 2 is 1.38 bits per heavy atom. The van der Waals surface area contributed by atoms with Gasteiger partial charge >= 0.3 is 11.9 Å². The Morgan fingerprint density at radius 1 is 0.875 bits per heavy atom. The first-order chi connectivity index (χ1) is 19.2. The quantitative estimate of drug-likeness (QED) is 0.0988. The van der Waals surface area contributed by atoms with Crippen LogP contribution < -0.4 is 5.32 Å². The van der Waals surface area contributed by atoms with E-state index in [4.69, 9.17) is 14.5 Å². The highest BCUT2D eigenvalue weighted by Crippen LogP contribution is 2.41. The lowest BCUT2D eigenvalue weighted by molar-refractivity contribution is -0.148. The average molecular weight is 553 g/mol. The van der Waals surface area contributed by atoms with Crippen LogP contribution in [0.3, 0.4) is 0 Å². The van der Waals surface area contributed by atoms with Crippen LogP contribution in [0.25, 0.3) is 5.57 Å². The summed E-state index contributed by atoms with van der Waals surface area (Å²) < 4.78 is 10.7. The van der Waals surface area contributed by atoms with Crippen molar-refractivity contribution >= 4 is 34.0 Å². The maximum atomic E-state index is 13.0. The van der Waals surface area contributed by atoms with Gasteiger partial charge in [0.1, 0.15) is 17.7 Å². The van der Waals surface area contributed by atoms with Crippen molar-refractivity contribution in [2.75, 3.05) is 11.9 Å². The van der Waals surface area contributed by atoms with Crippen LogP contribution in [0.4, 0.5) is 5.13 Å². The Hall–Kier alpha value is -4.49. The molecule has 0 bridgehead atoms. The fraction of sp³-hybridized carbons (Fsp3) is 0.182. The third-order valence-electron chi connectivity index (χ3n) is 5.92. The van der Waals surface area contributed by atoms with Crippen molar-refractivity contribution in [1.29, 1.82) is 0 Å². The predicted octanol–water partition coefficient (Wildman–Crippen LogP) is 7.00. The Kier molecular flexibility index (Phi) is 8.97. The summed E-state index contributed by atoms with van der Waals surface area (Å²) in [6, 6.07) is 30.4. The second-order valence-corrected chi connectivity index (χ2v) is 10.8. The first kappa shape index (κ1) is 28.5. The zero-order valence-corrected chi connectivity index (χ0v) is 23.6. The van der Waals surface area contributed by atoms with Crippen molar-refractivity contribution in [2.24, 2.45) is 0 Å². The van der Waals surface area contributed by atoms with Gasteiger partial charge in [-0.3, -0.25) is 0 Å². The van der Waals surface area contributed by atoms with Crippen LogP contribution in [-0.4, -0.2) is 29.1 Å². The van der Waals surface area contributed by atoms with E-state index in [1.807, 2.05) is 54.6 Å². The second-order valence-electron chi connectivity index (χ2n) is 9.99. The lowest BCUT2D eigenvalue weighted by Gasteiger charge is -2.36. The lowest BCUT2D eigenvalue weighted by Crippen LogP contribution is -2.38. The normalized spacial score (nSPS) is 11.9. The Balaban J connectivity index is 1.82. The van der Waals surface area contributed by atoms with Crippen LogP contribution >= 0.6 is 11.3 Å². The molecule has 0 atom stereocenters. The van der Waals surface area contributed by atoms with Gasteiger partial charge in [-0.25, -0.2) is 14.6 Å². The minimum atomic E-state index is -0.794. The molecule has 0 aliphatic carbocycles. The van der Waals surface area contributed by atoms with Gasteiger partial charge < -0.3 is 14.8 Å². The largest absolute Gasteiger partial charge is 0.458 e. The molecule has 0 saturated heterocycles. The summed E-state index contributed by atoms with van der Waals surface area (Å²) in [5, 5.41) is 5.96. The monoisotopic (exact) mass is 552 g/mol. The molecule has 1 N–H and O–H groups in total. The number of ether oxygens (including phenoxy) is 2. The Labute approximate surface area is 239 Å². The van der Waals surface area contributed by atoms with Crippen molar-refractivity contribution < 1.29 is 19.1 Å². The number of carbonyl (C=O) groups is 2. The highest BCUT2D eigenvalue weighted by Gasteiger charge is 2.37. The first-order valence-electron chi connectivity index (χ1n) is 12.9. The average Bonchev–Trinajstić information content (AvgIpc) is 3.42. The first-order valence-corrected chi connectivity index (χ1v) is 13.7. The molecule has 0 saturated carbocycles. The second kappa shape index (κ2) is 12.6. The molecule has 1 aromatic heterocycles. The van der Waals surface area contributed by atoms with Crippen molar-refractivity contribution in [1.82, 2.24) is 4.98 Å². The molecule has 3 aromatic carbocycles. The summed E-state index contributed by atoms with van der Waals surface area (Å²) in [5.74, 6) is -1.35. The van der Waals surface area contributed by atoms with Crippen molar-refractivity contribution in [3.05, 3.63) is 137 Å². The molecule has 0 radical (unpaired) electrons. The number of carbonyl (C=O) groups excluding carboxylic acids is 2. The van der Waals surface area contributed by atoms with E-state index in [9.17, 15) is 9.59 Å². The highest BCUT2D eigenvalue weighted by molar-refractivity contribution is 7.13. The molecule has 7 heteroatoms. The number of anilines is 1. The molecular formula is C33H32N2O4S. The number of nitrogens with one attached hydrogen (secondary N) is 1. The third-order valence-corrected chi connectivity index (χ3v) is 6.67. The molecule has 4 aromatic rings. The van der Waals surface area contributed by atoms with Crippen molar-refractivity contribution in [3.63, 3.8) is 0 Å². The molecule has 1 heterocycles. The van der Waals surface area contributed by atoms with E-state index in [-0.39, 0.29) is 12.2 Å². The van der Waals surface area contributed by atoms with Crippen LogP contribution in [0.15, 0.2) is 115 Å². The zero-order valence-electron chi connectivity index (χ0n) is 22.8. The number of hydrogen-bond donors (Lipinski definition) is 1. The smallest absolute Gasteiger partial charge is 0.340 e. The van der Waals surface area contributed by atoms with E-state index < -0.39 is 23.1 Å². The summed E-state index contributed by atoms with van der Waals surface area (Å²) in [5.41, 5.74) is 1.83. The number of aromatic nitrogens is 1. The maximum absolute atomic E-state index is 13.0. The van der Waals surface area contributed by atoms with Gasteiger partial charge in [-0.2, -0.15) is 0 Å². The topological polar surface area (TPSA) is 77.5 Å². The molecular weight excluding hydrogens is 520 g/mol. The summed E-state index contributed by atoms with van der Waals surface area (Å²) >= 11 is 1.33. The molecule has 0 aliphatic heterocycles. The van der Waals surface area contributed by atoms with Gasteiger partial charge in [-0.05, 0) is 37.5 Å². The molecule has 0 unspecified atom stereocenters. The molecule has 0 fully saturated rings. The molecule has 0 spiro atoms. The Morgan fingerprint density at radius 3 is 1.82 bits per heavy atom. The van der Waals surface area contributed by atoms with Crippen LogP contribution in [0, 0.1) is 0 Å². The van der Waals surface area contributed by atoms with Gasteiger partial charge in [0.25, 0.3) is 0 Å². The molecule has 6 nitrogen and oxygen atoms in total. The van der Waals surface area contributed by atoms with E-state index in [1.54, 1.807) is 26.2 Å². The van der Waals surface area contributed by atoms with E-state index >= 15 is 0 Å². The van der Waals surface area contributed by atoms with Gasteiger partial charge in [0.2, 0.25) is 0 Å². The zero-order chi connectivity index (χ0) is 28.6. The molecule has 40 heavy (non-hydrogen) atoms.